The zero-order valence-electron chi connectivity index (χ0n) is 17.0. The summed E-state index contributed by atoms with van der Waals surface area (Å²) in [5.74, 6) is 0.746. The van der Waals surface area contributed by atoms with Crippen LogP contribution in [0.1, 0.15) is 27.6 Å². The number of hydrogen-bond donors (Lipinski definition) is 0. The molecule has 30 heavy (non-hydrogen) atoms. The first-order valence-electron chi connectivity index (χ1n) is 10.2. The molecule has 1 aliphatic heterocycles. The summed E-state index contributed by atoms with van der Waals surface area (Å²) < 4.78 is 7.43. The van der Waals surface area contributed by atoms with Crippen molar-refractivity contribution < 1.29 is 14.3 Å². The zero-order chi connectivity index (χ0) is 20.9. The van der Waals surface area contributed by atoms with Gasteiger partial charge in [-0.3, -0.25) is 9.59 Å². The van der Waals surface area contributed by atoms with Crippen LogP contribution in [0.5, 0.6) is 5.75 Å². The fourth-order valence-corrected chi connectivity index (χ4v) is 3.62. The lowest BCUT2D eigenvalue weighted by atomic mass is 10.1. The van der Waals surface area contributed by atoms with Crippen LogP contribution in [0.3, 0.4) is 0 Å². The number of benzene rings is 2. The van der Waals surface area contributed by atoms with E-state index in [4.69, 9.17) is 4.74 Å². The molecule has 1 fully saturated rings. The van der Waals surface area contributed by atoms with Crippen LogP contribution in [-0.2, 0) is 0 Å². The highest BCUT2D eigenvalue weighted by Gasteiger charge is 2.25. The molecule has 2 aromatic carbocycles. The molecule has 154 valence electrons. The van der Waals surface area contributed by atoms with Crippen molar-refractivity contribution in [3.63, 3.8) is 0 Å². The van der Waals surface area contributed by atoms with E-state index in [9.17, 15) is 9.59 Å². The Morgan fingerprint density at radius 2 is 1.23 bits per heavy atom. The molecule has 0 spiro atoms. The molecule has 0 aliphatic carbocycles. The van der Waals surface area contributed by atoms with Gasteiger partial charge in [-0.15, -0.1) is 0 Å². The monoisotopic (exact) mass is 403 g/mol. The third-order valence-electron chi connectivity index (χ3n) is 5.28. The van der Waals surface area contributed by atoms with E-state index in [0.29, 0.717) is 43.9 Å². The average Bonchev–Trinajstić information content (AvgIpc) is 3.34. The molecule has 6 heteroatoms. The lowest BCUT2D eigenvalue weighted by Crippen LogP contribution is -2.50. The molecule has 0 N–H and O–H groups in total. The van der Waals surface area contributed by atoms with Gasteiger partial charge in [-0.2, -0.15) is 0 Å². The van der Waals surface area contributed by atoms with Gasteiger partial charge in [-0.25, -0.2) is 0 Å². The first-order chi connectivity index (χ1) is 14.7. The van der Waals surface area contributed by atoms with Crippen LogP contribution >= 0.6 is 0 Å². The summed E-state index contributed by atoms with van der Waals surface area (Å²) in [6.45, 7) is 4.63. The molecule has 1 aromatic heterocycles. The maximum Gasteiger partial charge on any atom is 0.253 e. The van der Waals surface area contributed by atoms with E-state index in [1.54, 1.807) is 17.0 Å². The molecular weight excluding hydrogens is 378 g/mol. The topological polar surface area (TPSA) is 54.8 Å². The molecule has 3 aromatic rings. The summed E-state index contributed by atoms with van der Waals surface area (Å²) in [6, 6.07) is 18.7. The van der Waals surface area contributed by atoms with E-state index in [0.717, 1.165) is 11.4 Å². The van der Waals surface area contributed by atoms with Crippen molar-refractivity contribution in [3.05, 3.63) is 84.2 Å². The summed E-state index contributed by atoms with van der Waals surface area (Å²) in [7, 11) is 0. The van der Waals surface area contributed by atoms with Crippen LogP contribution in [0.2, 0.25) is 0 Å². The fraction of sp³-hybridized carbons (Fsp3) is 0.250. The Balaban J connectivity index is 1.34. The highest BCUT2D eigenvalue weighted by atomic mass is 16.5. The normalized spacial score (nSPS) is 13.9. The van der Waals surface area contributed by atoms with Crippen molar-refractivity contribution in [2.45, 2.75) is 6.92 Å². The summed E-state index contributed by atoms with van der Waals surface area (Å²) in [6.07, 6.45) is 3.94. The Labute approximate surface area is 176 Å². The summed E-state index contributed by atoms with van der Waals surface area (Å²) >= 11 is 0. The molecule has 0 atom stereocenters. The number of rotatable bonds is 5. The molecule has 0 saturated carbocycles. The number of nitrogens with zero attached hydrogens (tertiary/aromatic N) is 3. The van der Waals surface area contributed by atoms with E-state index in [1.807, 2.05) is 77.3 Å². The molecule has 0 unspecified atom stereocenters. The summed E-state index contributed by atoms with van der Waals surface area (Å²) in [5.41, 5.74) is 2.32. The lowest BCUT2D eigenvalue weighted by molar-refractivity contribution is 0.0535. The second-order valence-corrected chi connectivity index (χ2v) is 7.18. The second kappa shape index (κ2) is 8.86. The van der Waals surface area contributed by atoms with Gasteiger partial charge in [0.15, 0.2) is 0 Å². The predicted octanol–water partition coefficient (Wildman–Crippen LogP) is 3.47. The van der Waals surface area contributed by atoms with Gasteiger partial charge in [-0.1, -0.05) is 0 Å². The second-order valence-electron chi connectivity index (χ2n) is 7.18. The SMILES string of the molecule is CCOc1ccc(C(=O)N2CCN(C(=O)c3ccc(-n4cccc4)cc3)CC2)cc1. The smallest absolute Gasteiger partial charge is 0.253 e. The Bertz CT molecular complexity index is 987. The number of ether oxygens (including phenoxy) is 1. The van der Waals surface area contributed by atoms with Crippen LogP contribution in [-0.4, -0.2) is 59.0 Å². The average molecular weight is 403 g/mol. The van der Waals surface area contributed by atoms with Crippen molar-refractivity contribution in [2.75, 3.05) is 32.8 Å². The van der Waals surface area contributed by atoms with Gasteiger partial charge in [0.05, 0.1) is 6.61 Å². The number of aromatic nitrogens is 1. The molecule has 2 amide bonds. The van der Waals surface area contributed by atoms with E-state index in [1.165, 1.54) is 0 Å². The van der Waals surface area contributed by atoms with Crippen molar-refractivity contribution >= 4 is 11.8 Å². The number of carbonyl (C=O) groups excluding carboxylic acids is 2. The molecule has 6 nitrogen and oxygen atoms in total. The molecule has 2 heterocycles. The maximum absolute atomic E-state index is 12.8. The molecule has 4 rings (SSSR count). The number of carbonyl (C=O) groups is 2. The minimum atomic E-state index is -0.0128. The van der Waals surface area contributed by atoms with Crippen LogP contribution in [0.15, 0.2) is 73.1 Å². The predicted molar refractivity (Wildman–Crippen MR) is 115 cm³/mol. The highest BCUT2D eigenvalue weighted by Crippen LogP contribution is 2.17. The van der Waals surface area contributed by atoms with Gasteiger partial charge in [0, 0.05) is 55.4 Å². The van der Waals surface area contributed by atoms with Crippen LogP contribution in [0.4, 0.5) is 0 Å². The minimum absolute atomic E-state index is 0.00206. The van der Waals surface area contributed by atoms with Gasteiger partial charge in [0.2, 0.25) is 0 Å². The number of hydrogen-bond acceptors (Lipinski definition) is 3. The minimum Gasteiger partial charge on any atom is -0.494 e. The fourth-order valence-electron chi connectivity index (χ4n) is 3.62. The van der Waals surface area contributed by atoms with Crippen LogP contribution < -0.4 is 4.74 Å². The van der Waals surface area contributed by atoms with Crippen LogP contribution in [0, 0.1) is 0 Å². The molecule has 1 saturated heterocycles. The maximum atomic E-state index is 12.8. The zero-order valence-corrected chi connectivity index (χ0v) is 17.0. The summed E-state index contributed by atoms with van der Waals surface area (Å²) in [5, 5.41) is 0. The Kier molecular flexibility index (Phi) is 5.84. The van der Waals surface area contributed by atoms with Gasteiger partial charge >= 0.3 is 0 Å². The van der Waals surface area contributed by atoms with E-state index >= 15 is 0 Å². The third-order valence-corrected chi connectivity index (χ3v) is 5.28. The van der Waals surface area contributed by atoms with Crippen molar-refractivity contribution in [2.24, 2.45) is 0 Å². The van der Waals surface area contributed by atoms with Gasteiger partial charge in [0.1, 0.15) is 5.75 Å². The molecule has 0 bridgehead atoms. The highest BCUT2D eigenvalue weighted by molar-refractivity contribution is 5.96. The summed E-state index contributed by atoms with van der Waals surface area (Å²) in [4.78, 5) is 29.2. The first-order valence-corrected chi connectivity index (χ1v) is 10.2. The van der Waals surface area contributed by atoms with Crippen molar-refractivity contribution in [1.29, 1.82) is 0 Å². The van der Waals surface area contributed by atoms with Crippen molar-refractivity contribution in [1.82, 2.24) is 14.4 Å². The van der Waals surface area contributed by atoms with Crippen molar-refractivity contribution in [3.8, 4) is 11.4 Å². The Morgan fingerprint density at radius 1 is 0.767 bits per heavy atom. The van der Waals surface area contributed by atoms with E-state index in [2.05, 4.69) is 0 Å². The largest absolute Gasteiger partial charge is 0.494 e. The first kappa shape index (κ1) is 19.8. The van der Waals surface area contributed by atoms with E-state index in [-0.39, 0.29) is 11.8 Å². The lowest BCUT2D eigenvalue weighted by Gasteiger charge is -2.35. The number of amides is 2. The number of piperazine rings is 1. The van der Waals surface area contributed by atoms with Gasteiger partial charge in [-0.05, 0) is 67.6 Å². The molecular formula is C24H25N3O3. The van der Waals surface area contributed by atoms with Gasteiger partial charge in [0.25, 0.3) is 11.8 Å². The molecule has 0 radical (unpaired) electrons. The Hall–Kier alpha value is -3.54. The van der Waals surface area contributed by atoms with Gasteiger partial charge < -0.3 is 19.1 Å². The Morgan fingerprint density at radius 3 is 1.70 bits per heavy atom. The molecule has 1 aliphatic rings. The quantitative estimate of drug-likeness (QED) is 0.656. The van der Waals surface area contributed by atoms with Crippen LogP contribution in [0.25, 0.3) is 5.69 Å². The van der Waals surface area contributed by atoms with E-state index < -0.39 is 0 Å². The third kappa shape index (κ3) is 4.22. The standard InChI is InChI=1S/C24H25N3O3/c1-2-30-22-11-7-20(8-12-22)24(29)27-17-15-26(16-18-27)23(28)19-5-9-21(10-6-19)25-13-3-4-14-25/h3-14H,2,15-18H2,1H3.